The third kappa shape index (κ3) is 2.27. The molecule has 90 valence electrons. The topological polar surface area (TPSA) is 78.0 Å². The summed E-state index contributed by atoms with van der Waals surface area (Å²) in [5.41, 5.74) is 4.41. The number of pyridine rings is 1. The summed E-state index contributed by atoms with van der Waals surface area (Å²) >= 11 is 0. The van der Waals surface area contributed by atoms with Crippen LogP contribution in [0.25, 0.3) is 0 Å². The lowest BCUT2D eigenvalue weighted by molar-refractivity contribution is 0.386. The molecule has 6 heteroatoms. The van der Waals surface area contributed by atoms with Gasteiger partial charge in [0.15, 0.2) is 0 Å². The zero-order valence-corrected chi connectivity index (χ0v) is 9.79. The average Bonchev–Trinajstić information content (AvgIpc) is 2.77. The number of hydrazine groups is 1. The van der Waals surface area contributed by atoms with Crippen LogP contribution in [-0.4, -0.2) is 21.9 Å². The van der Waals surface area contributed by atoms with Gasteiger partial charge in [-0.1, -0.05) is 6.07 Å². The first-order valence-electron chi connectivity index (χ1n) is 5.21. The highest BCUT2D eigenvalue weighted by Crippen LogP contribution is 2.26. The Balaban J connectivity index is 2.41. The number of rotatable bonds is 4. The second-order valence-electron chi connectivity index (χ2n) is 3.62. The quantitative estimate of drug-likeness (QED) is 0.589. The Morgan fingerprint density at radius 1 is 1.47 bits per heavy atom. The molecule has 0 aromatic carbocycles. The predicted molar refractivity (Wildman–Crippen MR) is 63.2 cm³/mol. The molecule has 1 unspecified atom stereocenters. The Morgan fingerprint density at radius 3 is 2.88 bits per heavy atom. The molecule has 0 spiro atoms. The Hall–Kier alpha value is -1.92. The van der Waals surface area contributed by atoms with Crippen LogP contribution < -0.4 is 16.0 Å². The molecule has 3 N–H and O–H groups in total. The fraction of sp³-hybridized carbons (Fsp3) is 0.273. The van der Waals surface area contributed by atoms with E-state index >= 15 is 0 Å². The molecular weight excluding hydrogens is 218 g/mol. The minimum Gasteiger partial charge on any atom is -0.481 e. The SMILES string of the molecule is COc1ncccc1C(NN)c1ccn(C)n1. The molecule has 0 aliphatic heterocycles. The Kier molecular flexibility index (Phi) is 3.36. The molecule has 0 bridgehead atoms. The molecule has 0 radical (unpaired) electrons. The van der Waals surface area contributed by atoms with Gasteiger partial charge in [-0.15, -0.1) is 0 Å². The van der Waals surface area contributed by atoms with Gasteiger partial charge in [-0.05, 0) is 12.1 Å². The highest BCUT2D eigenvalue weighted by molar-refractivity contribution is 5.34. The third-order valence-corrected chi connectivity index (χ3v) is 2.50. The first-order chi connectivity index (χ1) is 8.26. The van der Waals surface area contributed by atoms with Gasteiger partial charge in [0.25, 0.3) is 0 Å². The summed E-state index contributed by atoms with van der Waals surface area (Å²) in [6.45, 7) is 0. The Bertz CT molecular complexity index is 496. The average molecular weight is 233 g/mol. The van der Waals surface area contributed by atoms with Crippen molar-refractivity contribution in [3.63, 3.8) is 0 Å². The molecule has 0 saturated heterocycles. The summed E-state index contributed by atoms with van der Waals surface area (Å²) in [6.07, 6.45) is 3.54. The largest absolute Gasteiger partial charge is 0.481 e. The normalized spacial score (nSPS) is 12.4. The fourth-order valence-corrected chi connectivity index (χ4v) is 1.71. The minimum absolute atomic E-state index is 0.236. The number of aryl methyl sites for hydroxylation is 1. The summed E-state index contributed by atoms with van der Waals surface area (Å²) < 4.78 is 6.94. The van der Waals surface area contributed by atoms with E-state index in [4.69, 9.17) is 10.6 Å². The minimum atomic E-state index is -0.236. The van der Waals surface area contributed by atoms with Crippen LogP contribution in [0.3, 0.4) is 0 Å². The maximum Gasteiger partial charge on any atom is 0.218 e. The van der Waals surface area contributed by atoms with Crippen molar-refractivity contribution in [3.8, 4) is 5.88 Å². The van der Waals surface area contributed by atoms with Crippen molar-refractivity contribution in [3.05, 3.63) is 41.9 Å². The highest BCUT2D eigenvalue weighted by Gasteiger charge is 2.19. The number of nitrogens with two attached hydrogens (primary N) is 1. The number of aromatic nitrogens is 3. The van der Waals surface area contributed by atoms with Crippen LogP contribution in [0.2, 0.25) is 0 Å². The first-order valence-corrected chi connectivity index (χ1v) is 5.21. The van der Waals surface area contributed by atoms with Crippen molar-refractivity contribution < 1.29 is 4.74 Å². The number of ether oxygens (including phenoxy) is 1. The maximum absolute atomic E-state index is 5.59. The zero-order chi connectivity index (χ0) is 12.3. The lowest BCUT2D eigenvalue weighted by Gasteiger charge is -2.16. The standard InChI is InChI=1S/C11H15N5O/c1-16-7-5-9(15-16)10(14-12)8-4-3-6-13-11(8)17-2/h3-7,10,14H,12H2,1-2H3. The van der Waals surface area contributed by atoms with E-state index in [1.807, 2.05) is 31.4 Å². The molecule has 1 atom stereocenters. The van der Waals surface area contributed by atoms with Crippen LogP contribution >= 0.6 is 0 Å². The highest BCUT2D eigenvalue weighted by atomic mass is 16.5. The summed E-state index contributed by atoms with van der Waals surface area (Å²) in [7, 11) is 3.44. The van der Waals surface area contributed by atoms with Crippen LogP contribution in [0, 0.1) is 0 Å². The number of hydrogen-bond donors (Lipinski definition) is 2. The molecule has 2 rings (SSSR count). The van der Waals surface area contributed by atoms with Crippen LogP contribution in [0.1, 0.15) is 17.3 Å². The smallest absolute Gasteiger partial charge is 0.218 e. The number of nitrogens with one attached hydrogen (secondary N) is 1. The molecule has 0 saturated carbocycles. The van der Waals surface area contributed by atoms with Crippen LogP contribution in [-0.2, 0) is 7.05 Å². The number of methoxy groups -OCH3 is 1. The van der Waals surface area contributed by atoms with Crippen LogP contribution in [0.4, 0.5) is 0 Å². The van der Waals surface area contributed by atoms with Gasteiger partial charge in [0.2, 0.25) is 5.88 Å². The molecule has 2 aromatic rings. The van der Waals surface area contributed by atoms with Gasteiger partial charge in [-0.2, -0.15) is 5.10 Å². The molecular formula is C11H15N5O. The van der Waals surface area contributed by atoms with E-state index in [1.165, 1.54) is 0 Å². The zero-order valence-electron chi connectivity index (χ0n) is 9.79. The van der Waals surface area contributed by atoms with E-state index in [-0.39, 0.29) is 6.04 Å². The number of nitrogens with zero attached hydrogens (tertiary/aromatic N) is 3. The summed E-state index contributed by atoms with van der Waals surface area (Å²) in [6, 6.07) is 5.41. The first kappa shape index (κ1) is 11.6. The summed E-state index contributed by atoms with van der Waals surface area (Å²) in [5, 5.41) is 4.32. The van der Waals surface area contributed by atoms with Crippen molar-refractivity contribution in [2.75, 3.05) is 7.11 Å². The molecule has 6 nitrogen and oxygen atoms in total. The van der Waals surface area contributed by atoms with Gasteiger partial charge in [0.1, 0.15) is 0 Å². The van der Waals surface area contributed by atoms with Gasteiger partial charge >= 0.3 is 0 Å². The van der Waals surface area contributed by atoms with E-state index in [0.717, 1.165) is 11.3 Å². The van der Waals surface area contributed by atoms with Crippen molar-refractivity contribution in [1.29, 1.82) is 0 Å². The van der Waals surface area contributed by atoms with Crippen molar-refractivity contribution in [2.24, 2.45) is 12.9 Å². The fourth-order valence-electron chi connectivity index (χ4n) is 1.71. The van der Waals surface area contributed by atoms with Crippen molar-refractivity contribution in [2.45, 2.75) is 6.04 Å². The van der Waals surface area contributed by atoms with E-state index in [0.29, 0.717) is 5.88 Å². The Labute approximate surface area is 99.4 Å². The number of hydrogen-bond acceptors (Lipinski definition) is 5. The van der Waals surface area contributed by atoms with Crippen molar-refractivity contribution >= 4 is 0 Å². The third-order valence-electron chi connectivity index (χ3n) is 2.50. The van der Waals surface area contributed by atoms with Gasteiger partial charge in [-0.25, -0.2) is 10.4 Å². The van der Waals surface area contributed by atoms with E-state index in [2.05, 4.69) is 15.5 Å². The van der Waals surface area contributed by atoms with Crippen LogP contribution in [0.15, 0.2) is 30.6 Å². The monoisotopic (exact) mass is 233 g/mol. The van der Waals surface area contributed by atoms with Gasteiger partial charge < -0.3 is 4.74 Å². The van der Waals surface area contributed by atoms with Gasteiger partial charge in [0.05, 0.1) is 18.8 Å². The van der Waals surface area contributed by atoms with Gasteiger partial charge in [0, 0.05) is 25.0 Å². The van der Waals surface area contributed by atoms with E-state index in [9.17, 15) is 0 Å². The van der Waals surface area contributed by atoms with Gasteiger partial charge in [-0.3, -0.25) is 10.5 Å². The molecule has 0 fully saturated rings. The molecule has 17 heavy (non-hydrogen) atoms. The van der Waals surface area contributed by atoms with E-state index in [1.54, 1.807) is 18.0 Å². The lowest BCUT2D eigenvalue weighted by Crippen LogP contribution is -2.29. The molecule has 2 heterocycles. The molecule has 0 amide bonds. The predicted octanol–water partition coefficient (Wildman–Crippen LogP) is 0.376. The second-order valence-corrected chi connectivity index (χ2v) is 3.62. The maximum atomic E-state index is 5.59. The molecule has 2 aromatic heterocycles. The van der Waals surface area contributed by atoms with E-state index < -0.39 is 0 Å². The summed E-state index contributed by atoms with van der Waals surface area (Å²) in [4.78, 5) is 4.15. The second kappa shape index (κ2) is 4.94. The van der Waals surface area contributed by atoms with Crippen LogP contribution in [0.5, 0.6) is 5.88 Å². The molecule has 0 aliphatic carbocycles. The molecule has 0 aliphatic rings. The summed E-state index contributed by atoms with van der Waals surface area (Å²) in [5.74, 6) is 6.13. The van der Waals surface area contributed by atoms with Crippen molar-refractivity contribution in [1.82, 2.24) is 20.2 Å². The lowest BCUT2D eigenvalue weighted by atomic mass is 10.1. The Morgan fingerprint density at radius 2 is 2.29 bits per heavy atom.